The number of fused-ring (bicyclic) bond motifs is 2. The molecule has 0 unspecified atom stereocenters. The van der Waals surface area contributed by atoms with Crippen LogP contribution in [0.2, 0.25) is 0 Å². The molecule has 0 spiro atoms. The molecule has 1 heteroatoms. The highest BCUT2D eigenvalue weighted by Gasteiger charge is 1.99. The SMILES string of the molecule is C(=N/c1ccc2cc3ccccc3cc2c1)/c1ccccc1. The number of hydrogen-bond acceptors (Lipinski definition) is 1. The molecule has 1 nitrogen and oxygen atoms in total. The molecule has 0 aliphatic heterocycles. The van der Waals surface area contributed by atoms with Crippen LogP contribution in [-0.4, -0.2) is 6.21 Å². The topological polar surface area (TPSA) is 12.4 Å². The quantitative estimate of drug-likeness (QED) is 0.328. The lowest BCUT2D eigenvalue weighted by atomic mass is 10.0. The van der Waals surface area contributed by atoms with Crippen LogP contribution in [0, 0.1) is 0 Å². The third kappa shape index (κ3) is 2.49. The van der Waals surface area contributed by atoms with Gasteiger partial charge in [0.2, 0.25) is 0 Å². The van der Waals surface area contributed by atoms with Crippen LogP contribution in [0.5, 0.6) is 0 Å². The molecule has 0 aliphatic carbocycles. The van der Waals surface area contributed by atoms with Gasteiger partial charge in [0.1, 0.15) is 0 Å². The summed E-state index contributed by atoms with van der Waals surface area (Å²) in [7, 11) is 0. The van der Waals surface area contributed by atoms with Crippen molar-refractivity contribution in [1.82, 2.24) is 0 Å². The summed E-state index contributed by atoms with van der Waals surface area (Å²) in [5.41, 5.74) is 2.09. The Hall–Kier alpha value is -2.93. The molecule has 22 heavy (non-hydrogen) atoms. The summed E-state index contributed by atoms with van der Waals surface area (Å²) in [4.78, 5) is 4.58. The van der Waals surface area contributed by atoms with Crippen LogP contribution in [-0.2, 0) is 0 Å². The smallest absolute Gasteiger partial charge is 0.0636 e. The fourth-order valence-electron chi connectivity index (χ4n) is 2.70. The highest BCUT2D eigenvalue weighted by Crippen LogP contribution is 2.26. The van der Waals surface area contributed by atoms with Gasteiger partial charge in [0.05, 0.1) is 5.69 Å². The average Bonchev–Trinajstić information content (AvgIpc) is 2.59. The van der Waals surface area contributed by atoms with E-state index in [9.17, 15) is 0 Å². The Kier molecular flexibility index (Phi) is 3.17. The first-order chi connectivity index (χ1) is 10.9. The number of nitrogens with zero attached hydrogens (tertiary/aromatic N) is 1. The molecule has 104 valence electrons. The minimum absolute atomic E-state index is 0.978. The summed E-state index contributed by atoms with van der Waals surface area (Å²) in [5, 5.41) is 5.01. The van der Waals surface area contributed by atoms with Gasteiger partial charge in [-0.2, -0.15) is 0 Å². The lowest BCUT2D eigenvalue weighted by Crippen LogP contribution is -1.79. The fourth-order valence-corrected chi connectivity index (χ4v) is 2.70. The molecule has 0 heterocycles. The predicted octanol–water partition coefficient (Wildman–Crippen LogP) is 5.74. The first-order valence-corrected chi connectivity index (χ1v) is 7.40. The van der Waals surface area contributed by atoms with Crippen molar-refractivity contribution >= 4 is 33.4 Å². The van der Waals surface area contributed by atoms with E-state index in [1.54, 1.807) is 0 Å². The van der Waals surface area contributed by atoms with E-state index >= 15 is 0 Å². The van der Waals surface area contributed by atoms with Gasteiger partial charge >= 0.3 is 0 Å². The molecule has 0 aliphatic rings. The Bertz CT molecular complexity index is 969. The molecule has 0 saturated carbocycles. The molecule has 4 aromatic rings. The van der Waals surface area contributed by atoms with Crippen LogP contribution in [0.4, 0.5) is 5.69 Å². The standard InChI is InChI=1S/C21H15N/c1-2-6-16(7-3-1)15-22-21-11-10-19-12-17-8-4-5-9-18(17)13-20(19)14-21/h1-15H/b22-15-. The minimum atomic E-state index is 0.978. The zero-order valence-corrected chi connectivity index (χ0v) is 12.1. The molecule has 0 N–H and O–H groups in total. The lowest BCUT2D eigenvalue weighted by molar-refractivity contribution is 1.55. The Labute approximate surface area is 129 Å². The van der Waals surface area contributed by atoms with Crippen molar-refractivity contribution in [3.05, 3.63) is 90.5 Å². The highest BCUT2D eigenvalue weighted by molar-refractivity contribution is 5.99. The maximum Gasteiger partial charge on any atom is 0.0636 e. The first kappa shape index (κ1) is 12.8. The van der Waals surface area contributed by atoms with Crippen LogP contribution < -0.4 is 0 Å². The van der Waals surface area contributed by atoms with Crippen molar-refractivity contribution in [2.45, 2.75) is 0 Å². The molecule has 0 bridgehead atoms. The van der Waals surface area contributed by atoms with E-state index in [2.05, 4.69) is 71.7 Å². The Morgan fingerprint density at radius 3 is 1.95 bits per heavy atom. The molecule has 4 aromatic carbocycles. The van der Waals surface area contributed by atoms with E-state index < -0.39 is 0 Å². The summed E-state index contributed by atoms with van der Waals surface area (Å²) < 4.78 is 0. The van der Waals surface area contributed by atoms with Gasteiger partial charge in [0.15, 0.2) is 0 Å². The normalized spacial score (nSPS) is 11.5. The van der Waals surface area contributed by atoms with E-state index in [0.717, 1.165) is 11.3 Å². The fraction of sp³-hybridized carbons (Fsp3) is 0. The van der Waals surface area contributed by atoms with Crippen LogP contribution in [0.25, 0.3) is 21.5 Å². The van der Waals surface area contributed by atoms with Gasteiger partial charge < -0.3 is 0 Å². The predicted molar refractivity (Wildman–Crippen MR) is 95.2 cm³/mol. The van der Waals surface area contributed by atoms with Gasteiger partial charge in [-0.1, -0.05) is 60.7 Å². The molecule has 0 radical (unpaired) electrons. The molecule has 0 atom stereocenters. The summed E-state index contributed by atoms with van der Waals surface area (Å²) in [5.74, 6) is 0. The molecule has 0 saturated heterocycles. The second-order valence-electron chi connectivity index (χ2n) is 5.40. The number of rotatable bonds is 2. The summed E-state index contributed by atoms with van der Waals surface area (Å²) in [6.07, 6.45) is 1.90. The van der Waals surface area contributed by atoms with Crippen LogP contribution in [0.15, 0.2) is 89.9 Å². The van der Waals surface area contributed by atoms with Gasteiger partial charge in [0.25, 0.3) is 0 Å². The molecule has 4 rings (SSSR count). The maximum atomic E-state index is 4.58. The molecular formula is C21H15N. The van der Waals surface area contributed by atoms with Crippen molar-refractivity contribution in [1.29, 1.82) is 0 Å². The van der Waals surface area contributed by atoms with E-state index in [4.69, 9.17) is 0 Å². The second-order valence-corrected chi connectivity index (χ2v) is 5.40. The van der Waals surface area contributed by atoms with Crippen LogP contribution in [0.1, 0.15) is 5.56 Å². The van der Waals surface area contributed by atoms with Crippen molar-refractivity contribution in [3.8, 4) is 0 Å². The average molecular weight is 281 g/mol. The summed E-state index contributed by atoms with van der Waals surface area (Å²) >= 11 is 0. The summed E-state index contributed by atoms with van der Waals surface area (Å²) in [6, 6.07) is 29.4. The Balaban J connectivity index is 1.76. The molecular weight excluding hydrogens is 266 g/mol. The van der Waals surface area contributed by atoms with E-state index in [1.165, 1.54) is 21.5 Å². The zero-order valence-electron chi connectivity index (χ0n) is 12.1. The van der Waals surface area contributed by atoms with E-state index in [-0.39, 0.29) is 0 Å². The van der Waals surface area contributed by atoms with E-state index in [1.807, 2.05) is 24.4 Å². The monoisotopic (exact) mass is 281 g/mol. The van der Waals surface area contributed by atoms with Gasteiger partial charge in [-0.3, -0.25) is 4.99 Å². The Morgan fingerprint density at radius 1 is 0.545 bits per heavy atom. The zero-order chi connectivity index (χ0) is 14.8. The van der Waals surface area contributed by atoms with Crippen LogP contribution >= 0.6 is 0 Å². The highest BCUT2D eigenvalue weighted by atomic mass is 14.7. The summed E-state index contributed by atoms with van der Waals surface area (Å²) in [6.45, 7) is 0. The Morgan fingerprint density at radius 2 is 1.18 bits per heavy atom. The van der Waals surface area contributed by atoms with Gasteiger partial charge in [-0.25, -0.2) is 0 Å². The third-order valence-corrected chi connectivity index (χ3v) is 3.85. The first-order valence-electron chi connectivity index (χ1n) is 7.40. The van der Waals surface area contributed by atoms with Crippen molar-refractivity contribution in [3.63, 3.8) is 0 Å². The van der Waals surface area contributed by atoms with Gasteiger partial charge in [-0.05, 0) is 51.4 Å². The third-order valence-electron chi connectivity index (χ3n) is 3.85. The van der Waals surface area contributed by atoms with Crippen molar-refractivity contribution in [2.75, 3.05) is 0 Å². The number of hydrogen-bond donors (Lipinski definition) is 0. The maximum absolute atomic E-state index is 4.58. The molecule has 0 amide bonds. The number of aliphatic imine (C=N–C) groups is 1. The number of benzene rings is 4. The largest absolute Gasteiger partial charge is 0.256 e. The van der Waals surface area contributed by atoms with Gasteiger partial charge in [0, 0.05) is 6.21 Å². The second kappa shape index (κ2) is 5.45. The van der Waals surface area contributed by atoms with Crippen LogP contribution in [0.3, 0.4) is 0 Å². The van der Waals surface area contributed by atoms with Gasteiger partial charge in [-0.15, -0.1) is 0 Å². The van der Waals surface area contributed by atoms with E-state index in [0.29, 0.717) is 0 Å². The lowest BCUT2D eigenvalue weighted by Gasteiger charge is -2.03. The van der Waals surface area contributed by atoms with Crippen molar-refractivity contribution < 1.29 is 0 Å². The molecule has 0 fully saturated rings. The minimum Gasteiger partial charge on any atom is -0.256 e. The molecule has 0 aromatic heterocycles. The van der Waals surface area contributed by atoms with Crippen molar-refractivity contribution in [2.24, 2.45) is 4.99 Å².